The van der Waals surface area contributed by atoms with Gasteiger partial charge in [-0.3, -0.25) is 4.79 Å². The third-order valence-electron chi connectivity index (χ3n) is 5.71. The molecule has 1 heterocycles. The molecule has 1 atom stereocenters. The van der Waals surface area contributed by atoms with Crippen LogP contribution in [0.3, 0.4) is 0 Å². The van der Waals surface area contributed by atoms with E-state index in [1.165, 1.54) is 30.7 Å². The Labute approximate surface area is 200 Å². The highest BCUT2D eigenvalue weighted by Crippen LogP contribution is 2.36. The predicted molar refractivity (Wildman–Crippen MR) is 127 cm³/mol. The molecule has 1 saturated heterocycles. The van der Waals surface area contributed by atoms with Gasteiger partial charge in [0.15, 0.2) is 11.5 Å². The zero-order chi connectivity index (χ0) is 24.7. The van der Waals surface area contributed by atoms with Crippen LogP contribution in [0.1, 0.15) is 35.2 Å². The van der Waals surface area contributed by atoms with Crippen molar-refractivity contribution in [3.05, 3.63) is 47.5 Å². The third-order valence-corrected chi connectivity index (χ3v) is 7.60. The molecular formula is C24H32N2O7S. The van der Waals surface area contributed by atoms with Gasteiger partial charge in [-0.05, 0) is 49.6 Å². The summed E-state index contributed by atoms with van der Waals surface area (Å²) in [5.41, 5.74) is 0.886. The Morgan fingerprint density at radius 1 is 1.09 bits per heavy atom. The molecule has 186 valence electrons. The molecule has 1 amide bonds. The third kappa shape index (κ3) is 5.99. The predicted octanol–water partition coefficient (Wildman–Crippen LogP) is 2.36. The number of amides is 1. The molecule has 1 aliphatic rings. The highest BCUT2D eigenvalue weighted by Gasteiger charge is 2.27. The van der Waals surface area contributed by atoms with Crippen LogP contribution in [-0.2, 0) is 10.0 Å². The molecular weight excluding hydrogens is 460 g/mol. The van der Waals surface area contributed by atoms with Crippen LogP contribution in [0, 0.1) is 6.92 Å². The number of carbonyl (C=O) groups is 1. The normalized spacial score (nSPS) is 15.4. The van der Waals surface area contributed by atoms with E-state index in [-0.39, 0.29) is 23.6 Å². The lowest BCUT2D eigenvalue weighted by molar-refractivity contribution is 0.0833. The van der Waals surface area contributed by atoms with E-state index in [1.807, 2.05) is 0 Å². The van der Waals surface area contributed by atoms with Crippen LogP contribution in [0.2, 0.25) is 0 Å². The van der Waals surface area contributed by atoms with Crippen LogP contribution in [0.5, 0.6) is 17.2 Å². The maximum absolute atomic E-state index is 13.0. The standard InChI is InChI=1S/C24H32N2O7S/c1-17-10-11-19(34(29,30)26-12-5-4-6-13-26)14-20(17)24(28)25-15-18(27)16-33-23-21(31-2)8-7-9-22(23)32-3/h7-11,14,18,27H,4-6,12-13,15-16H2,1-3H3,(H,25,28). The minimum Gasteiger partial charge on any atom is -0.493 e. The van der Waals surface area contributed by atoms with Crippen LogP contribution in [0.4, 0.5) is 0 Å². The SMILES string of the molecule is COc1cccc(OC)c1OCC(O)CNC(=O)c1cc(S(=O)(=O)N2CCCCC2)ccc1C. The molecule has 0 bridgehead atoms. The van der Waals surface area contributed by atoms with Gasteiger partial charge in [0, 0.05) is 25.2 Å². The van der Waals surface area contributed by atoms with E-state index in [4.69, 9.17) is 14.2 Å². The van der Waals surface area contributed by atoms with Crippen molar-refractivity contribution in [3.8, 4) is 17.2 Å². The Balaban J connectivity index is 1.63. The Morgan fingerprint density at radius 2 is 1.74 bits per heavy atom. The number of aryl methyl sites for hydroxylation is 1. The van der Waals surface area contributed by atoms with Gasteiger partial charge in [-0.1, -0.05) is 18.6 Å². The first kappa shape index (κ1) is 25.8. The zero-order valence-electron chi connectivity index (χ0n) is 19.7. The number of aliphatic hydroxyl groups excluding tert-OH is 1. The molecule has 0 spiro atoms. The maximum atomic E-state index is 13.0. The van der Waals surface area contributed by atoms with Gasteiger partial charge >= 0.3 is 0 Å². The summed E-state index contributed by atoms with van der Waals surface area (Å²) < 4.78 is 43.6. The van der Waals surface area contributed by atoms with Crippen LogP contribution in [0.15, 0.2) is 41.3 Å². The molecule has 0 radical (unpaired) electrons. The Hall–Kier alpha value is -2.82. The lowest BCUT2D eigenvalue weighted by Gasteiger charge is -2.26. The van der Waals surface area contributed by atoms with Crippen LogP contribution >= 0.6 is 0 Å². The van der Waals surface area contributed by atoms with E-state index in [0.717, 1.165) is 19.3 Å². The molecule has 0 aromatic heterocycles. The number of aliphatic hydroxyl groups is 1. The second-order valence-corrected chi connectivity index (χ2v) is 10.0. The Bertz CT molecular complexity index is 1080. The minimum absolute atomic E-state index is 0.0845. The van der Waals surface area contributed by atoms with Gasteiger partial charge in [0.25, 0.3) is 5.91 Å². The van der Waals surface area contributed by atoms with Gasteiger partial charge in [0.2, 0.25) is 15.8 Å². The van der Waals surface area contributed by atoms with Gasteiger partial charge in [-0.15, -0.1) is 0 Å². The highest BCUT2D eigenvalue weighted by atomic mass is 32.2. The number of rotatable bonds is 10. The fourth-order valence-corrected chi connectivity index (χ4v) is 5.31. The summed E-state index contributed by atoms with van der Waals surface area (Å²) in [7, 11) is -0.658. The number of methoxy groups -OCH3 is 2. The second-order valence-electron chi connectivity index (χ2n) is 8.11. The number of nitrogens with one attached hydrogen (secondary N) is 1. The van der Waals surface area contributed by atoms with Crippen molar-refractivity contribution in [2.24, 2.45) is 0 Å². The average molecular weight is 493 g/mol. The number of nitrogens with zero attached hydrogens (tertiary/aromatic N) is 1. The number of piperidine rings is 1. The van der Waals surface area contributed by atoms with E-state index in [9.17, 15) is 18.3 Å². The van der Waals surface area contributed by atoms with Crippen molar-refractivity contribution in [1.82, 2.24) is 9.62 Å². The monoisotopic (exact) mass is 492 g/mol. The fourth-order valence-electron chi connectivity index (χ4n) is 3.76. The van der Waals surface area contributed by atoms with Gasteiger partial charge in [-0.2, -0.15) is 4.31 Å². The average Bonchev–Trinajstić information content (AvgIpc) is 2.86. The van der Waals surface area contributed by atoms with E-state index >= 15 is 0 Å². The van der Waals surface area contributed by atoms with Gasteiger partial charge in [0.05, 0.1) is 19.1 Å². The van der Waals surface area contributed by atoms with Crippen molar-refractivity contribution in [1.29, 1.82) is 0 Å². The van der Waals surface area contributed by atoms with Crippen molar-refractivity contribution >= 4 is 15.9 Å². The summed E-state index contributed by atoms with van der Waals surface area (Å²) in [5.74, 6) is 0.794. The van der Waals surface area contributed by atoms with E-state index < -0.39 is 22.0 Å². The molecule has 10 heteroatoms. The van der Waals surface area contributed by atoms with E-state index in [0.29, 0.717) is 35.9 Å². The number of sulfonamides is 1. The summed E-state index contributed by atoms with van der Waals surface area (Å²) in [6.45, 7) is 2.51. The summed E-state index contributed by atoms with van der Waals surface area (Å²) in [6, 6.07) is 9.72. The summed E-state index contributed by atoms with van der Waals surface area (Å²) in [4.78, 5) is 12.9. The molecule has 3 rings (SSSR count). The number of hydrogen-bond donors (Lipinski definition) is 2. The maximum Gasteiger partial charge on any atom is 0.251 e. The van der Waals surface area contributed by atoms with Gasteiger partial charge in [-0.25, -0.2) is 8.42 Å². The van der Waals surface area contributed by atoms with E-state index in [1.54, 1.807) is 31.2 Å². The highest BCUT2D eigenvalue weighted by molar-refractivity contribution is 7.89. The number of hydrogen-bond acceptors (Lipinski definition) is 7. The fraction of sp³-hybridized carbons (Fsp3) is 0.458. The van der Waals surface area contributed by atoms with E-state index in [2.05, 4.69) is 5.32 Å². The first-order valence-corrected chi connectivity index (χ1v) is 12.6. The molecule has 0 saturated carbocycles. The number of benzene rings is 2. The summed E-state index contributed by atoms with van der Waals surface area (Å²) >= 11 is 0. The lowest BCUT2D eigenvalue weighted by atomic mass is 10.1. The molecule has 1 unspecified atom stereocenters. The largest absolute Gasteiger partial charge is 0.493 e. The van der Waals surface area contributed by atoms with Gasteiger partial charge < -0.3 is 24.6 Å². The quantitative estimate of drug-likeness (QED) is 0.523. The topological polar surface area (TPSA) is 114 Å². The Morgan fingerprint density at radius 3 is 2.35 bits per heavy atom. The van der Waals surface area contributed by atoms with Crippen molar-refractivity contribution in [2.75, 3.05) is 40.5 Å². The molecule has 1 fully saturated rings. The molecule has 2 aromatic carbocycles. The van der Waals surface area contributed by atoms with Crippen LogP contribution < -0.4 is 19.5 Å². The molecule has 1 aliphatic heterocycles. The molecule has 2 N–H and O–H groups in total. The molecule has 9 nitrogen and oxygen atoms in total. The first-order valence-electron chi connectivity index (χ1n) is 11.2. The number of ether oxygens (including phenoxy) is 3. The van der Waals surface area contributed by atoms with Gasteiger partial charge in [0.1, 0.15) is 12.7 Å². The molecule has 34 heavy (non-hydrogen) atoms. The molecule has 0 aliphatic carbocycles. The van der Waals surface area contributed by atoms with Crippen LogP contribution in [-0.4, -0.2) is 70.3 Å². The number of para-hydroxylation sites is 1. The number of carbonyl (C=O) groups excluding carboxylic acids is 1. The van der Waals surface area contributed by atoms with Crippen molar-refractivity contribution < 1.29 is 32.5 Å². The summed E-state index contributed by atoms with van der Waals surface area (Å²) in [6.07, 6.45) is 1.67. The van der Waals surface area contributed by atoms with Crippen LogP contribution in [0.25, 0.3) is 0 Å². The lowest BCUT2D eigenvalue weighted by Crippen LogP contribution is -2.37. The second kappa shape index (κ2) is 11.5. The zero-order valence-corrected chi connectivity index (χ0v) is 20.6. The first-order chi connectivity index (χ1) is 16.3. The summed E-state index contributed by atoms with van der Waals surface area (Å²) in [5, 5.41) is 13.0. The molecule has 2 aromatic rings. The van der Waals surface area contributed by atoms with Crippen molar-refractivity contribution in [2.45, 2.75) is 37.2 Å². The van der Waals surface area contributed by atoms with Crippen molar-refractivity contribution in [3.63, 3.8) is 0 Å². The smallest absolute Gasteiger partial charge is 0.251 e. The Kier molecular flexibility index (Phi) is 8.76. The minimum atomic E-state index is -3.66.